The second-order valence-corrected chi connectivity index (χ2v) is 8.04. The highest BCUT2D eigenvalue weighted by Gasteiger charge is 2.19. The van der Waals surface area contributed by atoms with Crippen LogP contribution in [0, 0.1) is 5.92 Å². The Morgan fingerprint density at radius 2 is 1.94 bits per heavy atom. The van der Waals surface area contributed by atoms with E-state index < -0.39 is 0 Å². The summed E-state index contributed by atoms with van der Waals surface area (Å²) < 4.78 is 0. The Morgan fingerprint density at radius 1 is 1.10 bits per heavy atom. The van der Waals surface area contributed by atoms with E-state index >= 15 is 0 Å². The quantitative estimate of drug-likeness (QED) is 0.389. The van der Waals surface area contributed by atoms with Gasteiger partial charge in [-0.05, 0) is 61.7 Å². The predicted octanol–water partition coefficient (Wildman–Crippen LogP) is 4.17. The summed E-state index contributed by atoms with van der Waals surface area (Å²) in [7, 11) is 0. The molecular formula is C24H29N5O2. The molecule has 1 aromatic carbocycles. The summed E-state index contributed by atoms with van der Waals surface area (Å²) in [6, 6.07) is 9.81. The fourth-order valence-electron chi connectivity index (χ4n) is 4.25. The first-order valence-corrected chi connectivity index (χ1v) is 10.3. The first-order chi connectivity index (χ1) is 14.7. The van der Waals surface area contributed by atoms with Crippen LogP contribution in [0.15, 0.2) is 48.9 Å². The maximum Gasteiger partial charge on any atom is 0.137 e. The molecule has 4 heterocycles. The second-order valence-electron chi connectivity index (χ2n) is 8.04. The van der Waals surface area contributed by atoms with Gasteiger partial charge in [0.25, 0.3) is 0 Å². The van der Waals surface area contributed by atoms with Gasteiger partial charge in [0.05, 0.1) is 5.69 Å². The summed E-state index contributed by atoms with van der Waals surface area (Å²) in [5.41, 5.74) is 5.75. The molecule has 0 aliphatic carbocycles. The molecule has 0 radical (unpaired) electrons. The van der Waals surface area contributed by atoms with Gasteiger partial charge in [-0.1, -0.05) is 13.5 Å². The largest absolute Gasteiger partial charge is 0.508 e. The SMILES string of the molecule is C.OCC1CCN(Cc2cc(-c3cnc4[nH]cc(-c5ccn[nH]5)c4c3)ccc2O)CC1. The predicted molar refractivity (Wildman–Crippen MR) is 123 cm³/mol. The van der Waals surface area contributed by atoms with Gasteiger partial charge in [0.1, 0.15) is 11.4 Å². The van der Waals surface area contributed by atoms with Gasteiger partial charge >= 0.3 is 0 Å². The molecule has 0 atom stereocenters. The lowest BCUT2D eigenvalue weighted by molar-refractivity contribution is 0.127. The van der Waals surface area contributed by atoms with Crippen molar-refractivity contribution in [3.05, 3.63) is 54.5 Å². The Kier molecular flexibility index (Phi) is 6.06. The molecule has 31 heavy (non-hydrogen) atoms. The molecule has 4 N–H and O–H groups in total. The van der Waals surface area contributed by atoms with E-state index in [9.17, 15) is 10.2 Å². The van der Waals surface area contributed by atoms with Crippen LogP contribution in [0.4, 0.5) is 0 Å². The molecule has 7 nitrogen and oxygen atoms in total. The van der Waals surface area contributed by atoms with E-state index in [2.05, 4.69) is 37.2 Å². The molecule has 7 heteroatoms. The highest BCUT2D eigenvalue weighted by Crippen LogP contribution is 2.32. The molecule has 1 aliphatic rings. The number of aromatic hydroxyl groups is 1. The van der Waals surface area contributed by atoms with Crippen LogP contribution in [-0.4, -0.2) is 55.0 Å². The smallest absolute Gasteiger partial charge is 0.137 e. The number of rotatable bonds is 5. The number of aromatic nitrogens is 4. The number of benzene rings is 1. The topological polar surface area (TPSA) is 101 Å². The number of likely N-dealkylation sites (tertiary alicyclic amines) is 1. The number of fused-ring (bicyclic) bond motifs is 1. The summed E-state index contributed by atoms with van der Waals surface area (Å²) in [4.78, 5) is 10.1. The number of phenols is 1. The van der Waals surface area contributed by atoms with Gasteiger partial charge in [0, 0.05) is 53.8 Å². The molecular weight excluding hydrogens is 390 g/mol. The Bertz CT molecular complexity index is 1140. The number of piperidine rings is 1. The number of aromatic amines is 2. The van der Waals surface area contributed by atoms with Crippen molar-refractivity contribution < 1.29 is 10.2 Å². The minimum absolute atomic E-state index is 0. The van der Waals surface area contributed by atoms with E-state index in [1.165, 1.54) is 0 Å². The van der Waals surface area contributed by atoms with Gasteiger partial charge in [-0.15, -0.1) is 0 Å². The van der Waals surface area contributed by atoms with Crippen LogP contribution in [-0.2, 0) is 6.54 Å². The monoisotopic (exact) mass is 419 g/mol. The summed E-state index contributed by atoms with van der Waals surface area (Å²) >= 11 is 0. The highest BCUT2D eigenvalue weighted by atomic mass is 16.3. The van der Waals surface area contributed by atoms with Gasteiger partial charge in [-0.25, -0.2) is 4.98 Å². The number of hydrogen-bond donors (Lipinski definition) is 4. The summed E-state index contributed by atoms with van der Waals surface area (Å²) in [5.74, 6) is 0.723. The van der Waals surface area contributed by atoms with E-state index in [1.807, 2.05) is 24.5 Å². The Morgan fingerprint density at radius 3 is 2.68 bits per heavy atom. The van der Waals surface area contributed by atoms with Crippen molar-refractivity contribution in [2.75, 3.05) is 19.7 Å². The van der Waals surface area contributed by atoms with Crippen molar-refractivity contribution in [2.45, 2.75) is 26.8 Å². The summed E-state index contributed by atoms with van der Waals surface area (Å²) in [5, 5.41) is 27.8. The summed E-state index contributed by atoms with van der Waals surface area (Å²) in [6.45, 7) is 2.86. The third-order valence-corrected chi connectivity index (χ3v) is 6.09. The Balaban J connectivity index is 0.00000231. The lowest BCUT2D eigenvalue weighted by atomic mass is 9.97. The molecule has 162 valence electrons. The number of aliphatic hydroxyl groups excluding tert-OH is 1. The van der Waals surface area contributed by atoms with Crippen molar-refractivity contribution in [3.63, 3.8) is 0 Å². The lowest BCUT2D eigenvalue weighted by Crippen LogP contribution is -2.34. The minimum atomic E-state index is 0. The molecule has 1 saturated heterocycles. The Hall–Kier alpha value is -3.16. The zero-order chi connectivity index (χ0) is 20.5. The molecule has 1 aliphatic heterocycles. The molecule has 4 aromatic rings. The van der Waals surface area contributed by atoms with Gasteiger partial charge in [-0.3, -0.25) is 10.00 Å². The number of aliphatic hydroxyl groups is 1. The van der Waals surface area contributed by atoms with Gasteiger partial charge in [0.2, 0.25) is 0 Å². The van der Waals surface area contributed by atoms with Crippen LogP contribution in [0.3, 0.4) is 0 Å². The summed E-state index contributed by atoms with van der Waals surface area (Å²) in [6.07, 6.45) is 7.54. The van der Waals surface area contributed by atoms with Crippen LogP contribution in [0.5, 0.6) is 5.75 Å². The molecule has 5 rings (SSSR count). The molecule has 0 unspecified atom stereocenters. The van der Waals surface area contributed by atoms with Gasteiger partial charge in [-0.2, -0.15) is 5.10 Å². The van der Waals surface area contributed by atoms with Crippen molar-refractivity contribution in [1.29, 1.82) is 0 Å². The zero-order valence-electron chi connectivity index (χ0n) is 16.7. The van der Waals surface area contributed by atoms with Crippen molar-refractivity contribution >= 4 is 11.0 Å². The normalized spacial score (nSPS) is 15.3. The van der Waals surface area contributed by atoms with E-state index in [-0.39, 0.29) is 14.0 Å². The van der Waals surface area contributed by atoms with Crippen molar-refractivity contribution in [2.24, 2.45) is 5.92 Å². The van der Waals surface area contributed by atoms with Crippen LogP contribution in [0.1, 0.15) is 25.8 Å². The number of H-pyrrole nitrogens is 2. The van der Waals surface area contributed by atoms with E-state index in [4.69, 9.17) is 0 Å². The third-order valence-electron chi connectivity index (χ3n) is 6.09. The van der Waals surface area contributed by atoms with Gasteiger partial charge < -0.3 is 15.2 Å². The zero-order valence-corrected chi connectivity index (χ0v) is 16.7. The highest BCUT2D eigenvalue weighted by molar-refractivity contribution is 5.94. The van der Waals surface area contributed by atoms with Crippen LogP contribution in [0.2, 0.25) is 0 Å². The first kappa shape index (κ1) is 21.1. The average molecular weight is 420 g/mol. The van der Waals surface area contributed by atoms with Crippen LogP contribution in [0.25, 0.3) is 33.4 Å². The number of nitrogens with one attached hydrogen (secondary N) is 2. The number of nitrogens with zero attached hydrogens (tertiary/aromatic N) is 3. The third kappa shape index (κ3) is 4.19. The molecule has 1 fully saturated rings. The Labute approximate surface area is 181 Å². The average Bonchev–Trinajstić information content (AvgIpc) is 3.45. The number of phenolic OH excluding ortho intramolecular Hbond substituents is 1. The fourth-order valence-corrected chi connectivity index (χ4v) is 4.25. The molecule has 0 amide bonds. The fraction of sp³-hybridized carbons (Fsp3) is 0.333. The van der Waals surface area contributed by atoms with Crippen molar-refractivity contribution in [1.82, 2.24) is 25.1 Å². The molecule has 3 aromatic heterocycles. The van der Waals surface area contributed by atoms with Crippen LogP contribution < -0.4 is 0 Å². The molecule has 0 spiro atoms. The minimum Gasteiger partial charge on any atom is -0.508 e. The second kappa shape index (κ2) is 8.91. The lowest BCUT2D eigenvalue weighted by Gasteiger charge is -2.31. The first-order valence-electron chi connectivity index (χ1n) is 10.3. The van der Waals surface area contributed by atoms with Gasteiger partial charge in [0.15, 0.2) is 0 Å². The van der Waals surface area contributed by atoms with Crippen molar-refractivity contribution in [3.8, 4) is 28.1 Å². The maximum atomic E-state index is 10.4. The number of hydrogen-bond acceptors (Lipinski definition) is 5. The number of pyridine rings is 1. The van der Waals surface area contributed by atoms with E-state index in [1.54, 1.807) is 12.3 Å². The van der Waals surface area contributed by atoms with E-state index in [0.29, 0.717) is 18.2 Å². The molecule has 0 saturated carbocycles. The standard InChI is InChI=1S/C23H25N5O2.CH4/c29-14-15-4-7-28(8-5-15)13-18-9-16(1-2-22(18)30)17-10-19-20(21-3-6-26-27-21)12-25-23(19)24-11-17;/h1-3,6,9-12,15,29-30H,4-5,7-8,13-14H2,(H,24,25)(H,26,27);1H4. The maximum absolute atomic E-state index is 10.4. The van der Waals surface area contributed by atoms with Crippen LogP contribution >= 0.6 is 0 Å². The van der Waals surface area contributed by atoms with E-state index in [0.717, 1.165) is 64.9 Å². The molecule has 0 bridgehead atoms.